The number of aryl methyl sites for hydroxylation is 1. The van der Waals surface area contributed by atoms with Crippen molar-refractivity contribution in [3.05, 3.63) is 46.2 Å². The Bertz CT molecular complexity index is 724. The van der Waals surface area contributed by atoms with Gasteiger partial charge in [-0.2, -0.15) is 0 Å². The molecule has 0 atom stereocenters. The molecule has 2 aromatic rings. The first kappa shape index (κ1) is 16.9. The number of piperidine rings is 1. The highest BCUT2D eigenvalue weighted by Gasteiger charge is 2.21. The maximum Gasteiger partial charge on any atom is 0.256 e. The number of nitrogens with zero attached hydrogens (tertiary/aromatic N) is 3. The molecule has 6 heteroatoms. The molecule has 1 saturated heterocycles. The van der Waals surface area contributed by atoms with Gasteiger partial charge in [0.15, 0.2) is 0 Å². The van der Waals surface area contributed by atoms with Crippen molar-refractivity contribution in [3.63, 3.8) is 0 Å². The van der Waals surface area contributed by atoms with E-state index in [2.05, 4.69) is 38.1 Å². The normalized spacial score (nSPS) is 15.4. The van der Waals surface area contributed by atoms with Crippen LogP contribution in [-0.2, 0) is 0 Å². The second-order valence-corrected chi connectivity index (χ2v) is 7.27. The van der Waals surface area contributed by atoms with Crippen LogP contribution in [0.2, 0.25) is 0 Å². The third kappa shape index (κ3) is 3.93. The molecule has 0 saturated carbocycles. The lowest BCUT2D eigenvalue weighted by atomic mass is 9.99. The summed E-state index contributed by atoms with van der Waals surface area (Å²) in [5.74, 6) is 1.21. The molecular formula is C18H21BrN4O. The summed E-state index contributed by atoms with van der Waals surface area (Å²) in [7, 11) is 0. The number of amides is 1. The van der Waals surface area contributed by atoms with Crippen molar-refractivity contribution >= 4 is 33.5 Å². The number of carbonyl (C=O) groups excluding carboxylic acids is 1. The highest BCUT2D eigenvalue weighted by Crippen LogP contribution is 2.22. The van der Waals surface area contributed by atoms with Gasteiger partial charge in [0.25, 0.3) is 5.91 Å². The van der Waals surface area contributed by atoms with Crippen molar-refractivity contribution in [3.8, 4) is 0 Å². The van der Waals surface area contributed by atoms with Crippen molar-refractivity contribution < 1.29 is 4.79 Å². The monoisotopic (exact) mass is 388 g/mol. The quantitative estimate of drug-likeness (QED) is 0.857. The van der Waals surface area contributed by atoms with Crippen LogP contribution in [0.3, 0.4) is 0 Å². The van der Waals surface area contributed by atoms with Crippen LogP contribution < -0.4 is 5.32 Å². The number of hydrogen-bond acceptors (Lipinski definition) is 4. The van der Waals surface area contributed by atoms with Crippen LogP contribution in [0.25, 0.3) is 0 Å². The van der Waals surface area contributed by atoms with Crippen molar-refractivity contribution in [2.45, 2.75) is 26.7 Å². The maximum absolute atomic E-state index is 12.5. The molecular weight excluding hydrogens is 368 g/mol. The Kier molecular flexibility index (Phi) is 5.14. The lowest BCUT2D eigenvalue weighted by Gasteiger charge is -2.30. The summed E-state index contributed by atoms with van der Waals surface area (Å²) in [4.78, 5) is 23.0. The first-order valence-electron chi connectivity index (χ1n) is 8.17. The van der Waals surface area contributed by atoms with Crippen LogP contribution in [-0.4, -0.2) is 33.9 Å². The molecule has 126 valence electrons. The SMILES string of the molecule is Cc1cc(Br)ccc1Nc1ncc(C(=O)N2CCC(C)CC2)cn1. The first-order chi connectivity index (χ1) is 11.5. The van der Waals surface area contributed by atoms with Gasteiger partial charge in [0.05, 0.1) is 5.56 Å². The van der Waals surface area contributed by atoms with Gasteiger partial charge in [0.2, 0.25) is 5.95 Å². The van der Waals surface area contributed by atoms with Crippen LogP contribution in [0.15, 0.2) is 35.1 Å². The molecule has 1 fully saturated rings. The molecule has 0 bridgehead atoms. The van der Waals surface area contributed by atoms with E-state index in [4.69, 9.17) is 0 Å². The Morgan fingerprint density at radius 2 is 1.92 bits per heavy atom. The number of rotatable bonds is 3. The molecule has 1 aliphatic rings. The summed E-state index contributed by atoms with van der Waals surface area (Å²) in [6.45, 7) is 5.88. The van der Waals surface area contributed by atoms with E-state index >= 15 is 0 Å². The van der Waals surface area contributed by atoms with Gasteiger partial charge in [0.1, 0.15) is 0 Å². The number of anilines is 2. The van der Waals surface area contributed by atoms with Gasteiger partial charge in [0, 0.05) is 35.6 Å². The van der Waals surface area contributed by atoms with Crippen LogP contribution in [0.5, 0.6) is 0 Å². The molecule has 0 unspecified atom stereocenters. The molecule has 0 aliphatic carbocycles. The van der Waals surface area contributed by atoms with E-state index in [0.717, 1.165) is 41.7 Å². The molecule has 3 rings (SSSR count). The summed E-state index contributed by atoms with van der Waals surface area (Å²) >= 11 is 3.45. The molecule has 24 heavy (non-hydrogen) atoms. The fraction of sp³-hybridized carbons (Fsp3) is 0.389. The predicted octanol–water partition coefficient (Wildman–Crippen LogP) is 4.16. The van der Waals surface area contributed by atoms with E-state index in [-0.39, 0.29) is 5.91 Å². The number of aromatic nitrogens is 2. The fourth-order valence-corrected chi connectivity index (χ4v) is 3.26. The second kappa shape index (κ2) is 7.30. The highest BCUT2D eigenvalue weighted by atomic mass is 79.9. The van der Waals surface area contributed by atoms with E-state index in [1.807, 2.05) is 30.0 Å². The Labute approximate surface area is 150 Å². The van der Waals surface area contributed by atoms with Gasteiger partial charge in [-0.15, -0.1) is 0 Å². The van der Waals surface area contributed by atoms with E-state index in [1.54, 1.807) is 12.4 Å². The third-order valence-electron chi connectivity index (χ3n) is 4.40. The second-order valence-electron chi connectivity index (χ2n) is 6.35. The summed E-state index contributed by atoms with van der Waals surface area (Å²) in [6, 6.07) is 5.96. The molecule has 1 aromatic carbocycles. The standard InChI is InChI=1S/C18H21BrN4O/c1-12-5-7-23(8-6-12)17(24)14-10-20-18(21-11-14)22-16-4-3-15(19)9-13(16)2/h3-4,9-12H,5-8H2,1-2H3,(H,20,21,22). The molecule has 0 spiro atoms. The first-order valence-corrected chi connectivity index (χ1v) is 8.97. The zero-order chi connectivity index (χ0) is 17.1. The summed E-state index contributed by atoms with van der Waals surface area (Å²) in [6.07, 6.45) is 5.33. The van der Waals surface area contributed by atoms with Gasteiger partial charge >= 0.3 is 0 Å². The average molecular weight is 389 g/mol. The molecule has 1 N–H and O–H groups in total. The van der Waals surface area contributed by atoms with Crippen molar-refractivity contribution in [2.75, 3.05) is 18.4 Å². The van der Waals surface area contributed by atoms with Gasteiger partial charge in [-0.3, -0.25) is 4.79 Å². The largest absolute Gasteiger partial charge is 0.339 e. The van der Waals surface area contributed by atoms with Gasteiger partial charge in [-0.1, -0.05) is 22.9 Å². The third-order valence-corrected chi connectivity index (χ3v) is 4.90. The molecule has 1 aromatic heterocycles. The Morgan fingerprint density at radius 3 is 2.54 bits per heavy atom. The summed E-state index contributed by atoms with van der Waals surface area (Å²) in [5.41, 5.74) is 2.58. The Balaban J connectivity index is 1.68. The number of likely N-dealkylation sites (tertiary alicyclic amines) is 1. The number of halogens is 1. The zero-order valence-electron chi connectivity index (χ0n) is 13.9. The molecule has 1 amide bonds. The molecule has 0 radical (unpaired) electrons. The summed E-state index contributed by atoms with van der Waals surface area (Å²) in [5, 5.41) is 3.18. The van der Waals surface area contributed by atoms with Crippen LogP contribution >= 0.6 is 15.9 Å². The number of nitrogens with one attached hydrogen (secondary N) is 1. The molecule has 5 nitrogen and oxygen atoms in total. The lowest BCUT2D eigenvalue weighted by molar-refractivity contribution is 0.0696. The number of carbonyl (C=O) groups is 1. The molecule has 2 heterocycles. The van der Waals surface area contributed by atoms with E-state index < -0.39 is 0 Å². The minimum atomic E-state index is 0.0215. The maximum atomic E-state index is 12.5. The van der Waals surface area contributed by atoms with Gasteiger partial charge in [-0.05, 0) is 49.4 Å². The highest BCUT2D eigenvalue weighted by molar-refractivity contribution is 9.10. The predicted molar refractivity (Wildman–Crippen MR) is 98.5 cm³/mol. The number of benzene rings is 1. The van der Waals surface area contributed by atoms with Gasteiger partial charge in [-0.25, -0.2) is 9.97 Å². The minimum Gasteiger partial charge on any atom is -0.339 e. The van der Waals surface area contributed by atoms with Crippen molar-refractivity contribution in [2.24, 2.45) is 5.92 Å². The summed E-state index contributed by atoms with van der Waals surface area (Å²) < 4.78 is 1.03. The average Bonchev–Trinajstić information content (AvgIpc) is 2.58. The molecule has 1 aliphatic heterocycles. The van der Waals surface area contributed by atoms with Crippen LogP contribution in [0.1, 0.15) is 35.7 Å². The van der Waals surface area contributed by atoms with Crippen molar-refractivity contribution in [1.29, 1.82) is 0 Å². The van der Waals surface area contributed by atoms with E-state index in [1.165, 1.54) is 0 Å². The van der Waals surface area contributed by atoms with E-state index in [9.17, 15) is 4.79 Å². The van der Waals surface area contributed by atoms with Crippen LogP contribution in [0.4, 0.5) is 11.6 Å². The Hall–Kier alpha value is -1.95. The zero-order valence-corrected chi connectivity index (χ0v) is 15.5. The fourth-order valence-electron chi connectivity index (χ4n) is 2.79. The lowest BCUT2D eigenvalue weighted by Crippen LogP contribution is -2.38. The topological polar surface area (TPSA) is 58.1 Å². The van der Waals surface area contributed by atoms with Crippen molar-refractivity contribution in [1.82, 2.24) is 14.9 Å². The van der Waals surface area contributed by atoms with E-state index in [0.29, 0.717) is 17.4 Å². The number of hydrogen-bond donors (Lipinski definition) is 1. The Morgan fingerprint density at radius 1 is 1.25 bits per heavy atom. The van der Waals surface area contributed by atoms with Gasteiger partial charge < -0.3 is 10.2 Å². The minimum absolute atomic E-state index is 0.0215. The smallest absolute Gasteiger partial charge is 0.256 e. The van der Waals surface area contributed by atoms with Crippen LogP contribution in [0, 0.1) is 12.8 Å².